The summed E-state index contributed by atoms with van der Waals surface area (Å²) in [4.78, 5) is 38.4. The van der Waals surface area contributed by atoms with Crippen LogP contribution in [0.5, 0.6) is 5.75 Å². The summed E-state index contributed by atoms with van der Waals surface area (Å²) < 4.78 is 1.76. The minimum Gasteiger partial charge on any atom is -0.508 e. The molecule has 1 aliphatic heterocycles. The molecule has 2 heterocycles. The van der Waals surface area contributed by atoms with Crippen LogP contribution in [0.2, 0.25) is 0 Å². The second-order valence-corrected chi connectivity index (χ2v) is 6.11. The van der Waals surface area contributed by atoms with Gasteiger partial charge in [0, 0.05) is 17.6 Å². The molecule has 2 N–H and O–H groups in total. The maximum atomic E-state index is 12.9. The van der Waals surface area contributed by atoms with Crippen LogP contribution in [0.25, 0.3) is 11.8 Å². The number of amides is 4. The zero-order valence-electron chi connectivity index (χ0n) is 14.6. The summed E-state index contributed by atoms with van der Waals surface area (Å²) in [5, 5.41) is 11.7. The Bertz CT molecular complexity index is 1100. The Morgan fingerprint density at radius 3 is 2.25 bits per heavy atom. The molecule has 1 fully saturated rings. The van der Waals surface area contributed by atoms with Gasteiger partial charge in [0.05, 0.1) is 5.69 Å². The molecule has 2 aromatic carbocycles. The highest BCUT2D eigenvalue weighted by atomic mass is 16.3. The number of phenolic OH excluding ortho intramolecular Hbond substituents is 1. The maximum absolute atomic E-state index is 12.9. The van der Waals surface area contributed by atoms with Crippen LogP contribution in [0, 0.1) is 0 Å². The van der Waals surface area contributed by atoms with E-state index in [1.165, 1.54) is 6.08 Å². The van der Waals surface area contributed by atoms with Crippen molar-refractivity contribution in [3.05, 3.63) is 84.2 Å². The number of rotatable bonds is 3. The maximum Gasteiger partial charge on any atom is 0.335 e. The fourth-order valence-corrected chi connectivity index (χ4v) is 2.98. The standard InChI is InChI=1S/C21H15N3O4/c25-17-10-8-14(9-11-17)23-12-4-7-16(23)13-18-19(26)22-21(28)24(20(18)27)15-5-2-1-3-6-15/h1-13,25H,(H,22,26,28)/b18-13+. The van der Waals surface area contributed by atoms with Crippen molar-refractivity contribution >= 4 is 29.6 Å². The Labute approximate surface area is 160 Å². The van der Waals surface area contributed by atoms with E-state index < -0.39 is 17.8 Å². The van der Waals surface area contributed by atoms with Crippen molar-refractivity contribution in [2.75, 3.05) is 4.90 Å². The van der Waals surface area contributed by atoms with E-state index in [0.29, 0.717) is 11.4 Å². The van der Waals surface area contributed by atoms with Crippen LogP contribution < -0.4 is 10.2 Å². The van der Waals surface area contributed by atoms with Crippen LogP contribution >= 0.6 is 0 Å². The number of phenols is 1. The number of benzene rings is 2. The molecule has 0 atom stereocenters. The SMILES string of the molecule is O=C1NC(=O)N(c2ccccc2)C(=O)/C1=C/c1cccn1-c1ccc(O)cc1. The van der Waals surface area contributed by atoms with Crippen molar-refractivity contribution in [2.45, 2.75) is 0 Å². The predicted molar refractivity (Wildman–Crippen MR) is 103 cm³/mol. The fourth-order valence-electron chi connectivity index (χ4n) is 2.98. The van der Waals surface area contributed by atoms with Crippen LogP contribution in [0.4, 0.5) is 10.5 Å². The molecule has 1 aromatic heterocycles. The molecule has 7 heteroatoms. The molecule has 0 spiro atoms. The van der Waals surface area contributed by atoms with Crippen molar-refractivity contribution in [2.24, 2.45) is 0 Å². The Hall–Kier alpha value is -4.13. The molecule has 0 aliphatic carbocycles. The van der Waals surface area contributed by atoms with Crippen LogP contribution in [0.3, 0.4) is 0 Å². The molecule has 3 aromatic rings. The molecule has 7 nitrogen and oxygen atoms in total. The normalized spacial score (nSPS) is 15.8. The number of urea groups is 1. The van der Waals surface area contributed by atoms with E-state index in [1.54, 1.807) is 77.5 Å². The molecule has 4 rings (SSSR count). The summed E-state index contributed by atoms with van der Waals surface area (Å²) in [6.07, 6.45) is 3.21. The lowest BCUT2D eigenvalue weighted by Crippen LogP contribution is -2.54. The van der Waals surface area contributed by atoms with E-state index in [-0.39, 0.29) is 11.3 Å². The lowest BCUT2D eigenvalue weighted by atomic mass is 10.1. The predicted octanol–water partition coefficient (Wildman–Crippen LogP) is 2.85. The number of aromatic hydroxyl groups is 1. The minimum atomic E-state index is -0.785. The third-order valence-corrected chi connectivity index (χ3v) is 4.32. The fraction of sp³-hybridized carbons (Fsp3) is 0. The first-order chi connectivity index (χ1) is 13.5. The van der Waals surface area contributed by atoms with Crippen molar-refractivity contribution in [3.8, 4) is 11.4 Å². The zero-order chi connectivity index (χ0) is 19.7. The largest absolute Gasteiger partial charge is 0.508 e. The van der Waals surface area contributed by atoms with Gasteiger partial charge in [-0.2, -0.15) is 0 Å². The van der Waals surface area contributed by atoms with Gasteiger partial charge in [-0.15, -0.1) is 0 Å². The molecule has 138 valence electrons. The number of carbonyl (C=O) groups excluding carboxylic acids is 3. The van der Waals surface area contributed by atoms with E-state index in [1.807, 2.05) is 0 Å². The molecule has 0 radical (unpaired) electrons. The number of aromatic nitrogens is 1. The van der Waals surface area contributed by atoms with Gasteiger partial charge in [0.2, 0.25) is 0 Å². The number of imide groups is 2. The summed E-state index contributed by atoms with van der Waals surface area (Å²) in [5.41, 5.74) is 1.54. The van der Waals surface area contributed by atoms with Gasteiger partial charge in [-0.25, -0.2) is 9.69 Å². The Morgan fingerprint density at radius 2 is 1.54 bits per heavy atom. The molecule has 0 saturated carbocycles. The molecule has 1 saturated heterocycles. The second kappa shape index (κ2) is 6.88. The van der Waals surface area contributed by atoms with Crippen LogP contribution in [-0.2, 0) is 9.59 Å². The Kier molecular flexibility index (Phi) is 4.25. The third kappa shape index (κ3) is 3.05. The number of para-hydroxylation sites is 1. The number of carbonyl (C=O) groups is 3. The number of anilines is 1. The molecule has 1 aliphatic rings. The van der Waals surface area contributed by atoms with Crippen LogP contribution in [-0.4, -0.2) is 27.5 Å². The number of barbiturate groups is 1. The van der Waals surface area contributed by atoms with Gasteiger partial charge in [0.25, 0.3) is 11.8 Å². The topological polar surface area (TPSA) is 91.6 Å². The van der Waals surface area contributed by atoms with Crippen molar-refractivity contribution < 1.29 is 19.5 Å². The van der Waals surface area contributed by atoms with E-state index in [2.05, 4.69) is 5.32 Å². The van der Waals surface area contributed by atoms with Gasteiger partial charge >= 0.3 is 6.03 Å². The first-order valence-corrected chi connectivity index (χ1v) is 8.48. The van der Waals surface area contributed by atoms with Gasteiger partial charge in [-0.05, 0) is 54.6 Å². The number of hydrogen-bond donors (Lipinski definition) is 2. The third-order valence-electron chi connectivity index (χ3n) is 4.32. The number of nitrogens with one attached hydrogen (secondary N) is 1. The summed E-state index contributed by atoms with van der Waals surface area (Å²) >= 11 is 0. The van der Waals surface area contributed by atoms with Crippen molar-refractivity contribution in [1.82, 2.24) is 9.88 Å². The lowest BCUT2D eigenvalue weighted by molar-refractivity contribution is -0.122. The molecular formula is C21H15N3O4. The van der Waals surface area contributed by atoms with Gasteiger partial charge in [0.15, 0.2) is 0 Å². The van der Waals surface area contributed by atoms with E-state index >= 15 is 0 Å². The van der Waals surface area contributed by atoms with Crippen LogP contribution in [0.1, 0.15) is 5.69 Å². The number of hydrogen-bond acceptors (Lipinski definition) is 4. The minimum absolute atomic E-state index is 0.134. The Morgan fingerprint density at radius 1 is 0.821 bits per heavy atom. The second-order valence-electron chi connectivity index (χ2n) is 6.11. The van der Waals surface area contributed by atoms with Gasteiger partial charge < -0.3 is 9.67 Å². The first kappa shape index (κ1) is 17.3. The van der Waals surface area contributed by atoms with Crippen molar-refractivity contribution in [1.29, 1.82) is 0 Å². The van der Waals surface area contributed by atoms with E-state index in [9.17, 15) is 19.5 Å². The summed E-state index contributed by atoms with van der Waals surface area (Å²) in [6.45, 7) is 0. The molecule has 4 amide bonds. The molecular weight excluding hydrogens is 358 g/mol. The Balaban J connectivity index is 1.74. The zero-order valence-corrected chi connectivity index (χ0v) is 14.6. The smallest absolute Gasteiger partial charge is 0.335 e. The lowest BCUT2D eigenvalue weighted by Gasteiger charge is -2.26. The summed E-state index contributed by atoms with van der Waals surface area (Å²) in [6, 6.07) is 17.6. The van der Waals surface area contributed by atoms with E-state index in [4.69, 9.17) is 0 Å². The quantitative estimate of drug-likeness (QED) is 0.546. The van der Waals surface area contributed by atoms with Crippen molar-refractivity contribution in [3.63, 3.8) is 0 Å². The summed E-state index contributed by atoms with van der Waals surface area (Å²) in [7, 11) is 0. The highest BCUT2D eigenvalue weighted by Gasteiger charge is 2.36. The molecule has 0 unspecified atom stereocenters. The van der Waals surface area contributed by atoms with Crippen LogP contribution in [0.15, 0.2) is 78.5 Å². The van der Waals surface area contributed by atoms with E-state index in [0.717, 1.165) is 10.6 Å². The first-order valence-electron chi connectivity index (χ1n) is 8.48. The van der Waals surface area contributed by atoms with Gasteiger partial charge in [0.1, 0.15) is 11.3 Å². The van der Waals surface area contributed by atoms with Gasteiger partial charge in [-0.3, -0.25) is 14.9 Å². The highest BCUT2D eigenvalue weighted by Crippen LogP contribution is 2.23. The number of nitrogens with zero attached hydrogens (tertiary/aromatic N) is 2. The molecule has 0 bridgehead atoms. The highest BCUT2D eigenvalue weighted by molar-refractivity contribution is 6.39. The van der Waals surface area contributed by atoms with Gasteiger partial charge in [-0.1, -0.05) is 18.2 Å². The monoisotopic (exact) mass is 373 g/mol. The molecule has 28 heavy (non-hydrogen) atoms. The average Bonchev–Trinajstić information content (AvgIpc) is 3.15. The summed E-state index contributed by atoms with van der Waals surface area (Å²) in [5.74, 6) is -1.31. The average molecular weight is 373 g/mol.